The first-order valence-electron chi connectivity index (χ1n) is 5.23. The van der Waals surface area contributed by atoms with Crippen molar-refractivity contribution in [3.05, 3.63) is 35.4 Å². The monoisotopic (exact) mass is 204 g/mol. The minimum Gasteiger partial charge on any atom is -0.291 e. The molecule has 1 aliphatic carbocycles. The van der Waals surface area contributed by atoms with Crippen molar-refractivity contribution in [1.82, 2.24) is 10.9 Å². The summed E-state index contributed by atoms with van der Waals surface area (Å²) < 4.78 is 0. The lowest BCUT2D eigenvalue weighted by Gasteiger charge is -2.15. The summed E-state index contributed by atoms with van der Waals surface area (Å²) in [6.07, 6.45) is 1.90. The van der Waals surface area contributed by atoms with Crippen LogP contribution in [0.3, 0.4) is 0 Å². The minimum atomic E-state index is -0.267. The van der Waals surface area contributed by atoms with E-state index in [0.717, 1.165) is 18.4 Å². The molecule has 0 unspecified atom stereocenters. The van der Waals surface area contributed by atoms with Crippen molar-refractivity contribution in [1.29, 1.82) is 0 Å². The highest BCUT2D eigenvalue weighted by Crippen LogP contribution is 2.48. The third-order valence-electron chi connectivity index (χ3n) is 3.03. The van der Waals surface area contributed by atoms with Crippen LogP contribution in [-0.2, 0) is 10.2 Å². The molecule has 0 bridgehead atoms. The molecule has 0 heterocycles. The van der Waals surface area contributed by atoms with Gasteiger partial charge in [0.05, 0.1) is 5.41 Å². The predicted molar refractivity (Wildman–Crippen MR) is 59.3 cm³/mol. The van der Waals surface area contributed by atoms with Crippen LogP contribution in [0.2, 0.25) is 0 Å². The molecule has 1 amide bonds. The highest BCUT2D eigenvalue weighted by Gasteiger charge is 2.51. The molecule has 1 aromatic carbocycles. The Hall–Kier alpha value is -1.35. The Labute approximate surface area is 89.8 Å². The van der Waals surface area contributed by atoms with Crippen LogP contribution in [0.15, 0.2) is 24.3 Å². The topological polar surface area (TPSA) is 41.1 Å². The molecular formula is C12H16N2O. The second-order valence-electron chi connectivity index (χ2n) is 4.15. The number of carbonyl (C=O) groups is 1. The number of hydrogen-bond acceptors (Lipinski definition) is 2. The van der Waals surface area contributed by atoms with E-state index in [-0.39, 0.29) is 11.3 Å². The molecule has 1 fully saturated rings. The summed E-state index contributed by atoms with van der Waals surface area (Å²) in [6.45, 7) is 2.05. The van der Waals surface area contributed by atoms with Gasteiger partial charge in [-0.15, -0.1) is 0 Å². The zero-order valence-corrected chi connectivity index (χ0v) is 9.13. The van der Waals surface area contributed by atoms with Gasteiger partial charge in [0.1, 0.15) is 0 Å². The van der Waals surface area contributed by atoms with Crippen molar-refractivity contribution in [2.45, 2.75) is 25.2 Å². The van der Waals surface area contributed by atoms with Crippen LogP contribution in [0.1, 0.15) is 24.0 Å². The van der Waals surface area contributed by atoms with Gasteiger partial charge in [-0.25, -0.2) is 5.43 Å². The van der Waals surface area contributed by atoms with E-state index in [0.29, 0.717) is 0 Å². The number of nitrogens with one attached hydrogen (secondary N) is 2. The number of benzene rings is 1. The number of amides is 1. The van der Waals surface area contributed by atoms with Crippen molar-refractivity contribution >= 4 is 5.91 Å². The molecule has 80 valence electrons. The molecule has 3 nitrogen and oxygen atoms in total. The summed E-state index contributed by atoms with van der Waals surface area (Å²) in [5.41, 5.74) is 7.45. The fourth-order valence-corrected chi connectivity index (χ4v) is 1.88. The lowest BCUT2D eigenvalue weighted by molar-refractivity contribution is -0.124. The van der Waals surface area contributed by atoms with Crippen molar-refractivity contribution < 1.29 is 4.79 Å². The molecule has 0 aliphatic heterocycles. The van der Waals surface area contributed by atoms with Crippen molar-refractivity contribution in [3.8, 4) is 0 Å². The average Bonchev–Trinajstić information content (AvgIpc) is 3.00. The van der Waals surface area contributed by atoms with Crippen molar-refractivity contribution in [2.24, 2.45) is 0 Å². The van der Waals surface area contributed by atoms with Gasteiger partial charge in [0, 0.05) is 7.05 Å². The Morgan fingerprint density at radius 1 is 1.27 bits per heavy atom. The first-order valence-corrected chi connectivity index (χ1v) is 5.23. The lowest BCUT2D eigenvalue weighted by atomic mass is 9.94. The van der Waals surface area contributed by atoms with Gasteiger partial charge < -0.3 is 0 Å². The number of carbonyl (C=O) groups excluding carboxylic acids is 1. The molecule has 0 aromatic heterocycles. The van der Waals surface area contributed by atoms with Crippen LogP contribution in [-0.4, -0.2) is 13.0 Å². The summed E-state index contributed by atoms with van der Waals surface area (Å²) >= 11 is 0. The van der Waals surface area contributed by atoms with Crippen LogP contribution < -0.4 is 10.9 Å². The average molecular weight is 204 g/mol. The maximum absolute atomic E-state index is 11.8. The molecule has 15 heavy (non-hydrogen) atoms. The van der Waals surface area contributed by atoms with E-state index in [2.05, 4.69) is 42.0 Å². The Kier molecular flexibility index (Phi) is 2.49. The van der Waals surface area contributed by atoms with Gasteiger partial charge in [0.2, 0.25) is 5.91 Å². The largest absolute Gasteiger partial charge is 0.291 e. The van der Waals surface area contributed by atoms with Gasteiger partial charge in [-0.1, -0.05) is 29.8 Å². The van der Waals surface area contributed by atoms with Crippen molar-refractivity contribution in [2.75, 3.05) is 7.05 Å². The second-order valence-corrected chi connectivity index (χ2v) is 4.15. The first kappa shape index (κ1) is 10.2. The normalized spacial score (nSPS) is 17.2. The second kappa shape index (κ2) is 3.66. The Bertz CT molecular complexity index is 366. The Morgan fingerprint density at radius 3 is 2.33 bits per heavy atom. The molecule has 3 heteroatoms. The highest BCUT2D eigenvalue weighted by atomic mass is 16.2. The summed E-state index contributed by atoms with van der Waals surface area (Å²) in [6, 6.07) is 8.22. The van der Waals surface area contributed by atoms with E-state index in [9.17, 15) is 4.79 Å². The number of hydrazine groups is 1. The Balaban J connectivity index is 2.22. The third-order valence-corrected chi connectivity index (χ3v) is 3.03. The minimum absolute atomic E-state index is 0.0776. The lowest BCUT2D eigenvalue weighted by Crippen LogP contribution is -2.41. The SMILES string of the molecule is CNNC(=O)C1(c2ccc(C)cc2)CC1. The van der Waals surface area contributed by atoms with E-state index >= 15 is 0 Å². The fraction of sp³-hybridized carbons (Fsp3) is 0.417. The van der Waals surface area contributed by atoms with E-state index in [1.165, 1.54) is 5.56 Å². The molecular weight excluding hydrogens is 188 g/mol. The van der Waals surface area contributed by atoms with E-state index in [1.54, 1.807) is 7.05 Å². The molecule has 0 saturated heterocycles. The summed E-state index contributed by atoms with van der Waals surface area (Å²) in [5, 5.41) is 0. The van der Waals surface area contributed by atoms with Gasteiger partial charge >= 0.3 is 0 Å². The predicted octanol–water partition coefficient (Wildman–Crippen LogP) is 1.28. The highest BCUT2D eigenvalue weighted by molar-refractivity contribution is 5.90. The molecule has 2 rings (SSSR count). The Morgan fingerprint density at radius 2 is 1.87 bits per heavy atom. The number of aryl methyl sites for hydroxylation is 1. The quantitative estimate of drug-likeness (QED) is 0.728. The zero-order valence-electron chi connectivity index (χ0n) is 9.13. The maximum atomic E-state index is 11.8. The van der Waals surface area contributed by atoms with Crippen LogP contribution >= 0.6 is 0 Å². The van der Waals surface area contributed by atoms with E-state index in [1.807, 2.05) is 0 Å². The molecule has 1 aromatic rings. The van der Waals surface area contributed by atoms with Crippen LogP contribution in [0.5, 0.6) is 0 Å². The van der Waals surface area contributed by atoms with Crippen LogP contribution in [0.4, 0.5) is 0 Å². The molecule has 2 N–H and O–H groups in total. The summed E-state index contributed by atoms with van der Waals surface area (Å²) in [7, 11) is 1.71. The van der Waals surface area contributed by atoms with E-state index < -0.39 is 0 Å². The number of hydrogen-bond donors (Lipinski definition) is 2. The standard InChI is InChI=1S/C12H16N2O/c1-9-3-5-10(6-4-9)12(7-8-12)11(15)14-13-2/h3-6,13H,7-8H2,1-2H3,(H,14,15). The molecule has 1 saturated carbocycles. The molecule has 0 spiro atoms. The third kappa shape index (κ3) is 1.75. The van der Waals surface area contributed by atoms with E-state index in [4.69, 9.17) is 0 Å². The van der Waals surface area contributed by atoms with Gasteiger partial charge in [-0.2, -0.15) is 0 Å². The van der Waals surface area contributed by atoms with Gasteiger partial charge in [-0.05, 0) is 25.3 Å². The van der Waals surface area contributed by atoms with Crippen molar-refractivity contribution in [3.63, 3.8) is 0 Å². The van der Waals surface area contributed by atoms with Gasteiger partial charge in [0.25, 0.3) is 0 Å². The number of rotatable bonds is 3. The van der Waals surface area contributed by atoms with Gasteiger partial charge in [0.15, 0.2) is 0 Å². The summed E-state index contributed by atoms with van der Waals surface area (Å²) in [4.78, 5) is 11.8. The molecule has 0 radical (unpaired) electrons. The molecule has 1 aliphatic rings. The van der Waals surface area contributed by atoms with Crippen LogP contribution in [0.25, 0.3) is 0 Å². The summed E-state index contributed by atoms with van der Waals surface area (Å²) in [5.74, 6) is 0.0776. The maximum Gasteiger partial charge on any atom is 0.244 e. The smallest absolute Gasteiger partial charge is 0.244 e. The fourth-order valence-electron chi connectivity index (χ4n) is 1.88. The zero-order chi connectivity index (χ0) is 10.9. The first-order chi connectivity index (χ1) is 7.19. The molecule has 0 atom stereocenters. The van der Waals surface area contributed by atoms with Crippen LogP contribution in [0, 0.1) is 6.92 Å². The van der Waals surface area contributed by atoms with Gasteiger partial charge in [-0.3, -0.25) is 10.2 Å².